The SMILES string of the molecule is Cc1nc(SCC(=O)N2CCC(=O)CC2)nc(C)c1C. The van der Waals surface area contributed by atoms with Crippen molar-refractivity contribution in [2.24, 2.45) is 0 Å². The maximum Gasteiger partial charge on any atom is 0.233 e. The molecule has 0 spiro atoms. The molecule has 2 heterocycles. The van der Waals surface area contributed by atoms with E-state index in [0.29, 0.717) is 36.8 Å². The lowest BCUT2D eigenvalue weighted by atomic mass is 10.1. The molecule has 1 aromatic rings. The summed E-state index contributed by atoms with van der Waals surface area (Å²) in [5.41, 5.74) is 3.00. The molecule has 1 aliphatic heterocycles. The minimum atomic E-state index is 0.0574. The standard InChI is InChI=1S/C14H19N3O2S/c1-9-10(2)15-14(16-11(9)3)20-8-13(19)17-6-4-12(18)5-7-17/h4-8H2,1-3H3. The molecule has 5 nitrogen and oxygen atoms in total. The van der Waals surface area contributed by atoms with E-state index in [0.717, 1.165) is 17.0 Å². The van der Waals surface area contributed by atoms with Gasteiger partial charge in [-0.25, -0.2) is 9.97 Å². The van der Waals surface area contributed by atoms with E-state index in [4.69, 9.17) is 0 Å². The van der Waals surface area contributed by atoms with Gasteiger partial charge in [0.25, 0.3) is 0 Å². The number of nitrogens with zero attached hydrogens (tertiary/aromatic N) is 3. The molecule has 1 fully saturated rings. The Hall–Kier alpha value is -1.43. The third-order valence-corrected chi connectivity index (χ3v) is 4.44. The molecule has 0 N–H and O–H groups in total. The Labute approximate surface area is 123 Å². The number of piperidine rings is 1. The van der Waals surface area contributed by atoms with Gasteiger partial charge in [-0.2, -0.15) is 0 Å². The second kappa shape index (κ2) is 6.35. The molecular weight excluding hydrogens is 274 g/mol. The monoisotopic (exact) mass is 293 g/mol. The topological polar surface area (TPSA) is 63.2 Å². The van der Waals surface area contributed by atoms with Crippen LogP contribution in [0.4, 0.5) is 0 Å². The first-order chi connectivity index (χ1) is 9.47. The highest BCUT2D eigenvalue weighted by molar-refractivity contribution is 7.99. The van der Waals surface area contributed by atoms with E-state index in [-0.39, 0.29) is 11.7 Å². The fourth-order valence-electron chi connectivity index (χ4n) is 2.03. The maximum absolute atomic E-state index is 12.1. The molecule has 1 aliphatic rings. The predicted molar refractivity (Wildman–Crippen MR) is 77.8 cm³/mol. The van der Waals surface area contributed by atoms with E-state index in [1.807, 2.05) is 20.8 Å². The number of hydrogen-bond donors (Lipinski definition) is 0. The lowest BCUT2D eigenvalue weighted by Gasteiger charge is -2.25. The number of Topliss-reactive ketones (excluding diaryl/α,β-unsaturated/α-hetero) is 1. The highest BCUT2D eigenvalue weighted by Gasteiger charge is 2.21. The molecule has 0 aromatic carbocycles. The van der Waals surface area contributed by atoms with Crippen LogP contribution in [0.2, 0.25) is 0 Å². The van der Waals surface area contributed by atoms with Crippen LogP contribution in [0, 0.1) is 20.8 Å². The Balaban J connectivity index is 1.92. The quantitative estimate of drug-likeness (QED) is 0.627. The van der Waals surface area contributed by atoms with Gasteiger partial charge in [0.05, 0.1) is 5.75 Å². The summed E-state index contributed by atoms with van der Waals surface area (Å²) in [6.07, 6.45) is 0.964. The third-order valence-electron chi connectivity index (χ3n) is 3.61. The molecular formula is C14H19N3O2S. The number of ketones is 1. The van der Waals surface area contributed by atoms with E-state index in [1.54, 1.807) is 4.90 Å². The number of amides is 1. The summed E-state index contributed by atoms with van der Waals surface area (Å²) in [4.78, 5) is 33.7. The minimum Gasteiger partial charge on any atom is -0.341 e. The van der Waals surface area contributed by atoms with Crippen molar-refractivity contribution < 1.29 is 9.59 Å². The summed E-state index contributed by atoms with van der Waals surface area (Å²) >= 11 is 1.36. The Morgan fingerprint density at radius 3 is 2.25 bits per heavy atom. The van der Waals surface area contributed by atoms with Crippen molar-refractivity contribution in [3.05, 3.63) is 17.0 Å². The normalized spacial score (nSPS) is 15.6. The summed E-state index contributed by atoms with van der Waals surface area (Å²) in [6.45, 7) is 6.99. The van der Waals surface area contributed by atoms with Crippen LogP contribution in [0.25, 0.3) is 0 Å². The molecule has 0 aliphatic carbocycles. The first kappa shape index (κ1) is 15.0. The molecule has 0 radical (unpaired) electrons. The number of rotatable bonds is 3. The largest absolute Gasteiger partial charge is 0.341 e. The Bertz CT molecular complexity index is 512. The van der Waals surface area contributed by atoms with Crippen LogP contribution in [0.15, 0.2) is 5.16 Å². The minimum absolute atomic E-state index is 0.0574. The molecule has 1 aromatic heterocycles. The average Bonchev–Trinajstić information content (AvgIpc) is 2.42. The van der Waals surface area contributed by atoms with Crippen LogP contribution in [-0.4, -0.2) is 45.4 Å². The van der Waals surface area contributed by atoms with Gasteiger partial charge in [-0.15, -0.1) is 0 Å². The van der Waals surface area contributed by atoms with E-state index in [9.17, 15) is 9.59 Å². The molecule has 0 bridgehead atoms. The van der Waals surface area contributed by atoms with Crippen molar-refractivity contribution in [2.75, 3.05) is 18.8 Å². The smallest absolute Gasteiger partial charge is 0.233 e. The molecule has 6 heteroatoms. The van der Waals surface area contributed by atoms with Crippen molar-refractivity contribution in [3.63, 3.8) is 0 Å². The van der Waals surface area contributed by atoms with Crippen molar-refractivity contribution in [1.29, 1.82) is 0 Å². The van der Waals surface area contributed by atoms with Gasteiger partial charge in [0.15, 0.2) is 5.16 Å². The highest BCUT2D eigenvalue weighted by atomic mass is 32.2. The molecule has 108 valence electrons. The van der Waals surface area contributed by atoms with Crippen molar-refractivity contribution in [2.45, 2.75) is 38.8 Å². The second-order valence-corrected chi connectivity index (χ2v) is 5.95. The van der Waals surface area contributed by atoms with E-state index in [2.05, 4.69) is 9.97 Å². The number of thioether (sulfide) groups is 1. The molecule has 0 atom stereocenters. The number of likely N-dealkylation sites (tertiary alicyclic amines) is 1. The Morgan fingerprint density at radius 2 is 1.70 bits per heavy atom. The molecule has 1 amide bonds. The highest BCUT2D eigenvalue weighted by Crippen LogP contribution is 2.18. The summed E-state index contributed by atoms with van der Waals surface area (Å²) < 4.78 is 0. The summed E-state index contributed by atoms with van der Waals surface area (Å²) in [6, 6.07) is 0. The van der Waals surface area contributed by atoms with Gasteiger partial charge >= 0.3 is 0 Å². The van der Waals surface area contributed by atoms with Crippen molar-refractivity contribution in [3.8, 4) is 0 Å². The van der Waals surface area contributed by atoms with Crippen molar-refractivity contribution in [1.82, 2.24) is 14.9 Å². The fourth-order valence-corrected chi connectivity index (χ4v) is 2.87. The van der Waals surface area contributed by atoms with Crippen LogP contribution < -0.4 is 0 Å². The molecule has 2 rings (SSSR count). The number of carbonyl (C=O) groups excluding carboxylic acids is 2. The molecule has 20 heavy (non-hydrogen) atoms. The molecule has 0 saturated carbocycles. The third kappa shape index (κ3) is 3.56. The van der Waals surface area contributed by atoms with Crippen LogP contribution in [0.3, 0.4) is 0 Å². The van der Waals surface area contributed by atoms with Gasteiger partial charge in [-0.3, -0.25) is 9.59 Å². The second-order valence-electron chi connectivity index (χ2n) is 5.01. The van der Waals surface area contributed by atoms with Crippen LogP contribution in [0.1, 0.15) is 29.8 Å². The van der Waals surface area contributed by atoms with Crippen LogP contribution >= 0.6 is 11.8 Å². The summed E-state index contributed by atoms with van der Waals surface area (Å²) in [7, 11) is 0. The first-order valence-electron chi connectivity index (χ1n) is 6.71. The predicted octanol–water partition coefficient (Wildman–Crippen LogP) is 1.69. The average molecular weight is 293 g/mol. The van der Waals surface area contributed by atoms with Gasteiger partial charge in [-0.1, -0.05) is 11.8 Å². The van der Waals surface area contributed by atoms with Crippen molar-refractivity contribution >= 4 is 23.5 Å². The van der Waals surface area contributed by atoms with Gasteiger partial charge in [-0.05, 0) is 26.3 Å². The van der Waals surface area contributed by atoms with Gasteiger partial charge in [0, 0.05) is 37.3 Å². The lowest BCUT2D eigenvalue weighted by Crippen LogP contribution is -2.39. The summed E-state index contributed by atoms with van der Waals surface area (Å²) in [5.74, 6) is 0.632. The zero-order chi connectivity index (χ0) is 14.7. The number of aromatic nitrogens is 2. The molecule has 0 unspecified atom stereocenters. The van der Waals surface area contributed by atoms with E-state index < -0.39 is 0 Å². The van der Waals surface area contributed by atoms with Gasteiger partial charge in [0.2, 0.25) is 5.91 Å². The van der Waals surface area contributed by atoms with E-state index >= 15 is 0 Å². The molecule has 1 saturated heterocycles. The Kier molecular flexibility index (Phi) is 4.75. The number of carbonyl (C=O) groups is 2. The number of hydrogen-bond acceptors (Lipinski definition) is 5. The maximum atomic E-state index is 12.1. The van der Waals surface area contributed by atoms with Gasteiger partial charge in [0.1, 0.15) is 5.78 Å². The van der Waals surface area contributed by atoms with E-state index in [1.165, 1.54) is 11.8 Å². The van der Waals surface area contributed by atoms with Crippen LogP contribution in [-0.2, 0) is 9.59 Å². The fraction of sp³-hybridized carbons (Fsp3) is 0.571. The van der Waals surface area contributed by atoms with Crippen LogP contribution in [0.5, 0.6) is 0 Å². The first-order valence-corrected chi connectivity index (χ1v) is 7.70. The van der Waals surface area contributed by atoms with Gasteiger partial charge < -0.3 is 4.90 Å². The zero-order valence-electron chi connectivity index (χ0n) is 12.1. The summed E-state index contributed by atoms with van der Waals surface area (Å²) in [5, 5.41) is 0.645. The Morgan fingerprint density at radius 1 is 1.15 bits per heavy atom. The zero-order valence-corrected chi connectivity index (χ0v) is 12.9. The number of aryl methyl sites for hydroxylation is 2. The lowest BCUT2D eigenvalue weighted by molar-refractivity contribution is -0.132.